The standard InChI is InChI=1S/C15H20N4O/c1-3-7-16-14-9-15(19-11-18-14)17-10-12-5-4-6-13(8-12)20-2/h4-6,8-9,11H,3,7,10H2,1-2H3,(H2,16,17,18,19). The van der Waals surface area contributed by atoms with Crippen LogP contribution in [0.5, 0.6) is 5.75 Å². The van der Waals surface area contributed by atoms with Crippen molar-refractivity contribution in [2.45, 2.75) is 19.9 Å². The molecule has 2 N–H and O–H groups in total. The van der Waals surface area contributed by atoms with Crippen LogP contribution >= 0.6 is 0 Å². The molecule has 5 heteroatoms. The van der Waals surface area contributed by atoms with Gasteiger partial charge in [0, 0.05) is 19.2 Å². The summed E-state index contributed by atoms with van der Waals surface area (Å²) in [5.41, 5.74) is 1.14. The van der Waals surface area contributed by atoms with E-state index < -0.39 is 0 Å². The number of hydrogen-bond acceptors (Lipinski definition) is 5. The molecule has 0 atom stereocenters. The maximum Gasteiger partial charge on any atom is 0.131 e. The van der Waals surface area contributed by atoms with Crippen molar-refractivity contribution < 1.29 is 4.74 Å². The molecule has 0 aliphatic heterocycles. The lowest BCUT2D eigenvalue weighted by Crippen LogP contribution is -2.05. The number of methoxy groups -OCH3 is 1. The highest BCUT2D eigenvalue weighted by molar-refractivity contribution is 5.46. The Morgan fingerprint density at radius 3 is 2.65 bits per heavy atom. The second-order valence-corrected chi connectivity index (χ2v) is 4.42. The molecule has 106 valence electrons. The summed E-state index contributed by atoms with van der Waals surface area (Å²) in [7, 11) is 1.67. The van der Waals surface area contributed by atoms with Crippen LogP contribution in [-0.2, 0) is 6.54 Å². The molecule has 1 heterocycles. The quantitative estimate of drug-likeness (QED) is 0.811. The second-order valence-electron chi connectivity index (χ2n) is 4.42. The fraction of sp³-hybridized carbons (Fsp3) is 0.333. The van der Waals surface area contributed by atoms with E-state index in [0.29, 0.717) is 6.54 Å². The van der Waals surface area contributed by atoms with Crippen LogP contribution in [0.4, 0.5) is 11.6 Å². The number of anilines is 2. The van der Waals surface area contributed by atoms with Gasteiger partial charge in [0.1, 0.15) is 23.7 Å². The van der Waals surface area contributed by atoms with Crippen LogP contribution in [0.3, 0.4) is 0 Å². The van der Waals surface area contributed by atoms with E-state index >= 15 is 0 Å². The van der Waals surface area contributed by atoms with Gasteiger partial charge in [0.25, 0.3) is 0 Å². The number of aromatic nitrogens is 2. The predicted octanol–water partition coefficient (Wildman–Crippen LogP) is 2.92. The maximum atomic E-state index is 5.21. The van der Waals surface area contributed by atoms with Crippen molar-refractivity contribution in [3.63, 3.8) is 0 Å². The number of nitrogens with one attached hydrogen (secondary N) is 2. The van der Waals surface area contributed by atoms with E-state index in [2.05, 4.69) is 27.5 Å². The SMILES string of the molecule is CCCNc1cc(NCc2cccc(OC)c2)ncn1. The van der Waals surface area contributed by atoms with Crippen molar-refractivity contribution in [3.05, 3.63) is 42.2 Å². The molecular weight excluding hydrogens is 252 g/mol. The van der Waals surface area contributed by atoms with Crippen LogP contribution in [0.2, 0.25) is 0 Å². The molecule has 1 aromatic carbocycles. The van der Waals surface area contributed by atoms with Gasteiger partial charge in [-0.05, 0) is 24.1 Å². The normalized spacial score (nSPS) is 10.1. The van der Waals surface area contributed by atoms with Crippen LogP contribution < -0.4 is 15.4 Å². The fourth-order valence-corrected chi connectivity index (χ4v) is 1.78. The molecule has 0 unspecified atom stereocenters. The van der Waals surface area contributed by atoms with Crippen molar-refractivity contribution in [2.75, 3.05) is 24.3 Å². The predicted molar refractivity (Wildman–Crippen MR) is 81.1 cm³/mol. The van der Waals surface area contributed by atoms with E-state index in [1.165, 1.54) is 0 Å². The Morgan fingerprint density at radius 1 is 1.10 bits per heavy atom. The molecule has 1 aromatic heterocycles. The molecule has 0 amide bonds. The molecule has 0 aliphatic rings. The lowest BCUT2D eigenvalue weighted by atomic mass is 10.2. The maximum absolute atomic E-state index is 5.21. The summed E-state index contributed by atoms with van der Waals surface area (Å²) in [5.74, 6) is 2.51. The van der Waals surface area contributed by atoms with Gasteiger partial charge in [0.2, 0.25) is 0 Å². The van der Waals surface area contributed by atoms with Crippen molar-refractivity contribution in [1.29, 1.82) is 0 Å². The number of nitrogens with zero attached hydrogens (tertiary/aromatic N) is 2. The highest BCUT2D eigenvalue weighted by atomic mass is 16.5. The molecule has 2 rings (SSSR count). The zero-order valence-corrected chi connectivity index (χ0v) is 11.9. The first-order valence-electron chi connectivity index (χ1n) is 6.74. The van der Waals surface area contributed by atoms with Gasteiger partial charge in [-0.1, -0.05) is 19.1 Å². The van der Waals surface area contributed by atoms with Crippen LogP contribution in [0.1, 0.15) is 18.9 Å². The molecule has 20 heavy (non-hydrogen) atoms. The van der Waals surface area contributed by atoms with E-state index in [1.807, 2.05) is 30.3 Å². The van der Waals surface area contributed by atoms with Gasteiger partial charge in [-0.15, -0.1) is 0 Å². The third-order valence-corrected chi connectivity index (χ3v) is 2.83. The zero-order chi connectivity index (χ0) is 14.2. The Hall–Kier alpha value is -2.30. The first-order chi connectivity index (χ1) is 9.81. The highest BCUT2D eigenvalue weighted by Gasteiger charge is 1.99. The molecule has 0 saturated heterocycles. The van der Waals surface area contributed by atoms with E-state index in [0.717, 1.165) is 35.9 Å². The minimum absolute atomic E-state index is 0.696. The molecule has 2 aromatic rings. The van der Waals surface area contributed by atoms with Gasteiger partial charge in [-0.25, -0.2) is 9.97 Å². The monoisotopic (exact) mass is 272 g/mol. The molecule has 0 spiro atoms. The largest absolute Gasteiger partial charge is 0.497 e. The van der Waals surface area contributed by atoms with Crippen LogP contribution in [0, 0.1) is 0 Å². The molecule has 5 nitrogen and oxygen atoms in total. The highest BCUT2D eigenvalue weighted by Crippen LogP contribution is 2.14. The van der Waals surface area contributed by atoms with Gasteiger partial charge in [-0.2, -0.15) is 0 Å². The van der Waals surface area contributed by atoms with Crippen LogP contribution in [0.25, 0.3) is 0 Å². The van der Waals surface area contributed by atoms with Gasteiger partial charge >= 0.3 is 0 Å². The summed E-state index contributed by atoms with van der Waals surface area (Å²) in [6, 6.07) is 9.87. The Labute approximate surface area is 119 Å². The number of ether oxygens (including phenoxy) is 1. The Morgan fingerprint density at radius 2 is 1.90 bits per heavy atom. The summed E-state index contributed by atoms with van der Waals surface area (Å²) in [5, 5.41) is 6.52. The summed E-state index contributed by atoms with van der Waals surface area (Å²) >= 11 is 0. The van der Waals surface area contributed by atoms with Gasteiger partial charge in [0.05, 0.1) is 7.11 Å². The van der Waals surface area contributed by atoms with E-state index in [9.17, 15) is 0 Å². The van der Waals surface area contributed by atoms with E-state index in [1.54, 1.807) is 13.4 Å². The van der Waals surface area contributed by atoms with Gasteiger partial charge < -0.3 is 15.4 Å². The molecule has 0 aliphatic carbocycles. The molecule has 0 saturated carbocycles. The third kappa shape index (κ3) is 4.12. The Bertz CT molecular complexity index is 545. The summed E-state index contributed by atoms with van der Waals surface area (Å²) in [6.07, 6.45) is 2.63. The van der Waals surface area contributed by atoms with Crippen molar-refractivity contribution in [3.8, 4) is 5.75 Å². The third-order valence-electron chi connectivity index (χ3n) is 2.83. The topological polar surface area (TPSA) is 59.1 Å². The zero-order valence-electron chi connectivity index (χ0n) is 11.9. The summed E-state index contributed by atoms with van der Waals surface area (Å²) < 4.78 is 5.21. The number of rotatable bonds is 7. The minimum Gasteiger partial charge on any atom is -0.497 e. The average Bonchev–Trinajstić information content (AvgIpc) is 2.51. The van der Waals surface area contributed by atoms with E-state index in [-0.39, 0.29) is 0 Å². The van der Waals surface area contributed by atoms with E-state index in [4.69, 9.17) is 4.74 Å². The molecule has 0 fully saturated rings. The van der Waals surface area contributed by atoms with Crippen molar-refractivity contribution in [2.24, 2.45) is 0 Å². The smallest absolute Gasteiger partial charge is 0.131 e. The first-order valence-corrected chi connectivity index (χ1v) is 6.74. The Balaban J connectivity index is 1.95. The minimum atomic E-state index is 0.696. The molecular formula is C15H20N4O. The van der Waals surface area contributed by atoms with Crippen LogP contribution in [0.15, 0.2) is 36.7 Å². The number of hydrogen-bond donors (Lipinski definition) is 2. The second kappa shape index (κ2) is 7.33. The lowest BCUT2D eigenvalue weighted by molar-refractivity contribution is 0.414. The fourth-order valence-electron chi connectivity index (χ4n) is 1.78. The van der Waals surface area contributed by atoms with Gasteiger partial charge in [-0.3, -0.25) is 0 Å². The van der Waals surface area contributed by atoms with Crippen molar-refractivity contribution >= 4 is 11.6 Å². The molecule has 0 radical (unpaired) electrons. The van der Waals surface area contributed by atoms with Gasteiger partial charge in [0.15, 0.2) is 0 Å². The number of benzene rings is 1. The Kier molecular flexibility index (Phi) is 5.17. The first kappa shape index (κ1) is 14.1. The summed E-state index contributed by atoms with van der Waals surface area (Å²) in [6.45, 7) is 3.73. The van der Waals surface area contributed by atoms with Crippen molar-refractivity contribution in [1.82, 2.24) is 9.97 Å². The lowest BCUT2D eigenvalue weighted by Gasteiger charge is -2.09. The molecule has 0 bridgehead atoms. The van der Waals surface area contributed by atoms with Crippen LogP contribution in [-0.4, -0.2) is 23.6 Å². The average molecular weight is 272 g/mol. The summed E-state index contributed by atoms with van der Waals surface area (Å²) in [4.78, 5) is 8.39.